The van der Waals surface area contributed by atoms with Gasteiger partial charge in [0.15, 0.2) is 0 Å². The van der Waals surface area contributed by atoms with Gasteiger partial charge in [-0.25, -0.2) is 9.37 Å². The molecule has 2 amide bonds. The number of aryl methyl sites for hydroxylation is 1. The molecule has 2 aromatic carbocycles. The lowest BCUT2D eigenvalue weighted by Gasteiger charge is -2.24. The normalized spacial score (nSPS) is 15.6. The molecule has 1 saturated heterocycles. The molecule has 0 saturated carbocycles. The number of nitro groups is 1. The van der Waals surface area contributed by atoms with Crippen LogP contribution in [-0.2, 0) is 4.79 Å². The zero-order valence-corrected chi connectivity index (χ0v) is 17.2. The largest absolute Gasteiger partial charge is 0.327 e. The Hall–Kier alpha value is -4.08. The maximum Gasteiger partial charge on any atom is 0.272 e. The molecule has 3 aromatic rings. The predicted octanol–water partition coefficient (Wildman–Crippen LogP) is 3.47. The van der Waals surface area contributed by atoms with Gasteiger partial charge in [-0.1, -0.05) is 0 Å². The van der Waals surface area contributed by atoms with Crippen molar-refractivity contribution in [2.45, 2.75) is 25.8 Å². The van der Waals surface area contributed by atoms with Gasteiger partial charge in [-0.15, -0.1) is 0 Å². The van der Waals surface area contributed by atoms with Crippen molar-refractivity contribution in [3.05, 3.63) is 82.2 Å². The lowest BCUT2D eigenvalue weighted by molar-refractivity contribution is -0.385. The summed E-state index contributed by atoms with van der Waals surface area (Å²) in [6.07, 6.45) is 5.73. The number of anilines is 1. The number of nitrogens with one attached hydrogen (secondary N) is 1. The van der Waals surface area contributed by atoms with Crippen LogP contribution in [0.15, 0.2) is 55.1 Å². The highest BCUT2D eigenvalue weighted by molar-refractivity contribution is 6.01. The number of likely N-dealkylation sites (tertiary alicyclic amines) is 1. The van der Waals surface area contributed by atoms with Crippen LogP contribution in [0.4, 0.5) is 15.8 Å². The van der Waals surface area contributed by atoms with Crippen LogP contribution in [0.5, 0.6) is 0 Å². The maximum atomic E-state index is 14.5. The zero-order chi connectivity index (χ0) is 22.8. The van der Waals surface area contributed by atoms with Crippen LogP contribution in [-0.4, -0.2) is 43.8 Å². The number of halogens is 1. The van der Waals surface area contributed by atoms with Gasteiger partial charge in [0.05, 0.1) is 16.9 Å². The molecule has 0 bridgehead atoms. The van der Waals surface area contributed by atoms with E-state index in [2.05, 4.69) is 10.3 Å². The SMILES string of the molecule is Cc1cc(C(=O)N2CCCC2C(=O)Nc2ccc(-n3ccnc3)c(F)c2)ccc1[N+](=O)[O-]. The molecular formula is C22H20FN5O4. The molecule has 1 aliphatic heterocycles. The van der Waals surface area contributed by atoms with Gasteiger partial charge in [-0.2, -0.15) is 0 Å². The van der Waals surface area contributed by atoms with Crippen LogP contribution >= 0.6 is 0 Å². The van der Waals surface area contributed by atoms with E-state index < -0.39 is 22.7 Å². The molecule has 1 aliphatic rings. The van der Waals surface area contributed by atoms with E-state index in [0.29, 0.717) is 30.6 Å². The van der Waals surface area contributed by atoms with Crippen molar-refractivity contribution in [2.24, 2.45) is 0 Å². The standard InChI is InChI=1S/C22H20FN5O4/c1-14-11-15(4-6-18(14)28(31)32)22(30)27-9-2-3-20(27)21(29)25-16-5-7-19(17(23)12-16)26-10-8-24-13-26/h4-8,10-13,20H,2-3,9H2,1H3,(H,25,29). The number of carbonyl (C=O) groups excluding carboxylic acids is 2. The smallest absolute Gasteiger partial charge is 0.272 e. The summed E-state index contributed by atoms with van der Waals surface area (Å²) in [7, 11) is 0. The van der Waals surface area contributed by atoms with E-state index in [1.165, 1.54) is 52.3 Å². The maximum absolute atomic E-state index is 14.5. The van der Waals surface area contributed by atoms with Crippen molar-refractivity contribution < 1.29 is 18.9 Å². The van der Waals surface area contributed by atoms with Crippen LogP contribution in [0.1, 0.15) is 28.8 Å². The fraction of sp³-hybridized carbons (Fsp3) is 0.227. The summed E-state index contributed by atoms with van der Waals surface area (Å²) < 4.78 is 16.0. The quantitative estimate of drug-likeness (QED) is 0.485. The monoisotopic (exact) mass is 437 g/mol. The van der Waals surface area contributed by atoms with Crippen LogP contribution in [0.3, 0.4) is 0 Å². The van der Waals surface area contributed by atoms with Gasteiger partial charge in [0.2, 0.25) is 5.91 Å². The molecule has 1 aromatic heterocycles. The third kappa shape index (κ3) is 4.07. The van der Waals surface area contributed by atoms with Gasteiger partial charge in [0.25, 0.3) is 11.6 Å². The van der Waals surface area contributed by atoms with E-state index in [-0.39, 0.29) is 22.8 Å². The summed E-state index contributed by atoms with van der Waals surface area (Å²) in [6, 6.07) is 7.75. The molecule has 4 rings (SSSR count). The number of hydrogen-bond donors (Lipinski definition) is 1. The molecule has 1 atom stereocenters. The number of rotatable bonds is 5. The van der Waals surface area contributed by atoms with E-state index >= 15 is 0 Å². The molecule has 1 N–H and O–H groups in total. The first-order valence-electron chi connectivity index (χ1n) is 10.00. The number of imidazole rings is 1. The predicted molar refractivity (Wildman–Crippen MR) is 114 cm³/mol. The van der Waals surface area contributed by atoms with Gasteiger partial charge in [0.1, 0.15) is 11.9 Å². The van der Waals surface area contributed by atoms with Crippen LogP contribution in [0.25, 0.3) is 5.69 Å². The van der Waals surface area contributed by atoms with Crippen molar-refractivity contribution in [3.8, 4) is 5.69 Å². The van der Waals surface area contributed by atoms with Gasteiger partial charge in [-0.05, 0) is 50.1 Å². The first kappa shape index (κ1) is 21.2. The number of nitrogens with zero attached hydrogens (tertiary/aromatic N) is 4. The highest BCUT2D eigenvalue weighted by Crippen LogP contribution is 2.25. The second-order valence-corrected chi connectivity index (χ2v) is 7.54. The molecule has 164 valence electrons. The minimum absolute atomic E-state index is 0.0709. The van der Waals surface area contributed by atoms with Gasteiger partial charge < -0.3 is 14.8 Å². The molecule has 0 radical (unpaired) electrons. The molecule has 0 aliphatic carbocycles. The number of nitro benzene ring substituents is 1. The van der Waals surface area contributed by atoms with E-state index in [9.17, 15) is 24.1 Å². The summed E-state index contributed by atoms with van der Waals surface area (Å²) in [6.45, 7) is 1.95. The Balaban J connectivity index is 1.49. The summed E-state index contributed by atoms with van der Waals surface area (Å²) in [5, 5.41) is 13.7. The summed E-state index contributed by atoms with van der Waals surface area (Å²) in [4.78, 5) is 41.7. The number of amides is 2. The van der Waals surface area contributed by atoms with Crippen molar-refractivity contribution in [1.29, 1.82) is 0 Å². The average molecular weight is 437 g/mol. The van der Waals surface area contributed by atoms with Crippen LogP contribution in [0.2, 0.25) is 0 Å². The number of hydrogen-bond acceptors (Lipinski definition) is 5. The Bertz CT molecular complexity index is 1200. The van der Waals surface area contributed by atoms with Gasteiger partial charge in [0, 0.05) is 41.8 Å². The Morgan fingerprint density at radius 3 is 2.72 bits per heavy atom. The summed E-state index contributed by atoms with van der Waals surface area (Å²) >= 11 is 0. The van der Waals surface area contributed by atoms with Crippen molar-refractivity contribution in [1.82, 2.24) is 14.5 Å². The van der Waals surface area contributed by atoms with E-state index in [4.69, 9.17) is 0 Å². The lowest BCUT2D eigenvalue weighted by Crippen LogP contribution is -2.43. The highest BCUT2D eigenvalue weighted by atomic mass is 19.1. The van der Waals surface area contributed by atoms with Crippen molar-refractivity contribution in [2.75, 3.05) is 11.9 Å². The van der Waals surface area contributed by atoms with Crippen LogP contribution in [0, 0.1) is 22.9 Å². The summed E-state index contributed by atoms with van der Waals surface area (Å²) in [5.41, 5.74) is 1.16. The first-order valence-corrected chi connectivity index (χ1v) is 10.00. The number of carbonyl (C=O) groups is 2. The Kier molecular flexibility index (Phi) is 5.67. The first-order chi connectivity index (χ1) is 15.3. The molecule has 10 heteroatoms. The number of benzene rings is 2. The van der Waals surface area contributed by atoms with E-state index in [1.807, 2.05) is 0 Å². The lowest BCUT2D eigenvalue weighted by atomic mass is 10.1. The molecule has 32 heavy (non-hydrogen) atoms. The van der Waals surface area contributed by atoms with Gasteiger partial charge in [-0.3, -0.25) is 19.7 Å². The highest BCUT2D eigenvalue weighted by Gasteiger charge is 2.35. The molecule has 9 nitrogen and oxygen atoms in total. The van der Waals surface area contributed by atoms with E-state index in [1.54, 1.807) is 19.2 Å². The molecular weight excluding hydrogens is 417 g/mol. The second kappa shape index (κ2) is 8.58. The zero-order valence-electron chi connectivity index (χ0n) is 17.2. The molecule has 1 unspecified atom stereocenters. The third-order valence-electron chi connectivity index (χ3n) is 5.45. The third-order valence-corrected chi connectivity index (χ3v) is 5.45. The number of aromatic nitrogens is 2. The van der Waals surface area contributed by atoms with Crippen LogP contribution < -0.4 is 5.32 Å². The molecule has 0 spiro atoms. The van der Waals surface area contributed by atoms with Gasteiger partial charge >= 0.3 is 0 Å². The fourth-order valence-electron chi connectivity index (χ4n) is 3.86. The fourth-order valence-corrected chi connectivity index (χ4v) is 3.86. The summed E-state index contributed by atoms with van der Waals surface area (Å²) in [5.74, 6) is -1.31. The minimum atomic E-state index is -0.714. The molecule has 2 heterocycles. The minimum Gasteiger partial charge on any atom is -0.327 e. The molecule has 1 fully saturated rings. The Labute approximate surface area is 182 Å². The van der Waals surface area contributed by atoms with Crippen molar-refractivity contribution >= 4 is 23.2 Å². The average Bonchev–Trinajstić information content (AvgIpc) is 3.45. The Morgan fingerprint density at radius 2 is 2.06 bits per heavy atom. The second-order valence-electron chi connectivity index (χ2n) is 7.54. The van der Waals surface area contributed by atoms with E-state index in [0.717, 1.165) is 0 Å². The topological polar surface area (TPSA) is 110 Å². The van der Waals surface area contributed by atoms with Crippen molar-refractivity contribution in [3.63, 3.8) is 0 Å². The Morgan fingerprint density at radius 1 is 1.25 bits per heavy atom.